The lowest BCUT2D eigenvalue weighted by Gasteiger charge is -2.37. The van der Waals surface area contributed by atoms with Crippen LogP contribution in [-0.2, 0) is 4.79 Å². The van der Waals surface area contributed by atoms with Crippen LogP contribution in [0.15, 0.2) is 28.7 Å². The average molecular weight is 355 g/mol. The van der Waals surface area contributed by atoms with Gasteiger partial charge in [-0.05, 0) is 43.2 Å². The van der Waals surface area contributed by atoms with Crippen molar-refractivity contribution in [2.45, 2.75) is 52.0 Å². The molecular formula is C21H29N3O2. The normalized spacial score (nSPS) is 29.7. The Kier molecular flexibility index (Phi) is 4.88. The van der Waals surface area contributed by atoms with Crippen LogP contribution in [0, 0.1) is 17.8 Å². The Balaban J connectivity index is 1.42. The Morgan fingerprint density at radius 1 is 1.19 bits per heavy atom. The first kappa shape index (κ1) is 17.4. The Bertz CT molecular complexity index is 738. The van der Waals surface area contributed by atoms with Crippen LogP contribution in [0.25, 0.3) is 11.1 Å². The molecule has 1 aromatic heterocycles. The predicted molar refractivity (Wildman–Crippen MR) is 103 cm³/mol. The quantitative estimate of drug-likeness (QED) is 0.904. The summed E-state index contributed by atoms with van der Waals surface area (Å²) in [7, 11) is 0. The molecule has 1 saturated carbocycles. The summed E-state index contributed by atoms with van der Waals surface area (Å²) in [6, 6.07) is 8.78. The number of hydrogen-bond donors (Lipinski definition) is 1. The van der Waals surface area contributed by atoms with Crippen molar-refractivity contribution in [1.82, 2.24) is 10.3 Å². The van der Waals surface area contributed by atoms with E-state index in [-0.39, 0.29) is 11.8 Å². The van der Waals surface area contributed by atoms with Crippen LogP contribution in [0.1, 0.15) is 46.0 Å². The third-order valence-electron chi connectivity index (χ3n) is 6.38. The Labute approximate surface area is 155 Å². The van der Waals surface area contributed by atoms with E-state index in [9.17, 15) is 4.79 Å². The molecule has 140 valence electrons. The summed E-state index contributed by atoms with van der Waals surface area (Å²) in [6.45, 7) is 6.17. The van der Waals surface area contributed by atoms with Gasteiger partial charge in [-0.1, -0.05) is 38.8 Å². The number of para-hydroxylation sites is 2. The third kappa shape index (κ3) is 3.44. The number of aromatic nitrogens is 1. The minimum atomic E-state index is 0.0168. The van der Waals surface area contributed by atoms with E-state index in [1.165, 1.54) is 12.8 Å². The lowest BCUT2D eigenvalue weighted by Crippen LogP contribution is -2.49. The van der Waals surface area contributed by atoms with Crippen molar-refractivity contribution in [2.24, 2.45) is 17.8 Å². The lowest BCUT2D eigenvalue weighted by atomic mass is 9.78. The van der Waals surface area contributed by atoms with Crippen molar-refractivity contribution in [3.8, 4) is 0 Å². The molecule has 1 aliphatic carbocycles. The number of oxazole rings is 1. The fraction of sp³-hybridized carbons (Fsp3) is 0.619. The summed E-state index contributed by atoms with van der Waals surface area (Å²) in [5.41, 5.74) is 1.68. The topological polar surface area (TPSA) is 58.4 Å². The van der Waals surface area contributed by atoms with Gasteiger partial charge in [-0.3, -0.25) is 4.79 Å². The second-order valence-corrected chi connectivity index (χ2v) is 8.13. The summed E-state index contributed by atoms with van der Waals surface area (Å²) >= 11 is 0. The van der Waals surface area contributed by atoms with Gasteiger partial charge >= 0.3 is 0 Å². The van der Waals surface area contributed by atoms with Crippen molar-refractivity contribution in [2.75, 3.05) is 18.0 Å². The molecule has 1 aromatic carbocycles. The fourth-order valence-corrected chi connectivity index (χ4v) is 4.45. The minimum absolute atomic E-state index is 0.0168. The number of nitrogens with zero attached hydrogens (tertiary/aromatic N) is 2. The zero-order valence-corrected chi connectivity index (χ0v) is 15.8. The van der Waals surface area contributed by atoms with E-state index in [4.69, 9.17) is 4.42 Å². The molecule has 2 aromatic rings. The molecule has 2 aliphatic rings. The molecule has 4 unspecified atom stereocenters. The molecule has 4 rings (SSSR count). The number of amides is 1. The summed E-state index contributed by atoms with van der Waals surface area (Å²) in [5.74, 6) is 1.47. The monoisotopic (exact) mass is 355 g/mol. The van der Waals surface area contributed by atoms with Crippen molar-refractivity contribution in [1.29, 1.82) is 0 Å². The van der Waals surface area contributed by atoms with E-state index in [0.717, 1.165) is 36.9 Å². The van der Waals surface area contributed by atoms with E-state index < -0.39 is 0 Å². The highest BCUT2D eigenvalue weighted by Crippen LogP contribution is 2.31. The highest BCUT2D eigenvalue weighted by molar-refractivity contribution is 5.80. The molecule has 1 aliphatic heterocycles. The maximum atomic E-state index is 12.9. The largest absolute Gasteiger partial charge is 0.423 e. The smallest absolute Gasteiger partial charge is 0.298 e. The van der Waals surface area contributed by atoms with Crippen LogP contribution in [0.2, 0.25) is 0 Å². The molecule has 5 heteroatoms. The van der Waals surface area contributed by atoms with Crippen molar-refractivity contribution in [3.05, 3.63) is 24.3 Å². The Morgan fingerprint density at radius 2 is 2.04 bits per heavy atom. The number of carbonyl (C=O) groups excluding carboxylic acids is 1. The molecule has 0 radical (unpaired) electrons. The maximum absolute atomic E-state index is 12.9. The summed E-state index contributed by atoms with van der Waals surface area (Å²) < 4.78 is 5.90. The molecule has 2 heterocycles. The van der Waals surface area contributed by atoms with Gasteiger partial charge in [-0.2, -0.15) is 4.98 Å². The predicted octanol–water partition coefficient (Wildman–Crippen LogP) is 3.99. The zero-order valence-electron chi connectivity index (χ0n) is 15.8. The number of carbonyl (C=O) groups is 1. The summed E-state index contributed by atoms with van der Waals surface area (Å²) in [5, 5.41) is 3.35. The van der Waals surface area contributed by atoms with Crippen LogP contribution in [-0.4, -0.2) is 30.0 Å². The van der Waals surface area contributed by atoms with Gasteiger partial charge in [0.15, 0.2) is 5.58 Å². The molecular weight excluding hydrogens is 326 g/mol. The molecule has 1 N–H and O–H groups in total. The number of hydrogen-bond acceptors (Lipinski definition) is 4. The first-order chi connectivity index (χ1) is 12.6. The van der Waals surface area contributed by atoms with E-state index in [1.807, 2.05) is 24.3 Å². The Hall–Kier alpha value is -2.04. The summed E-state index contributed by atoms with van der Waals surface area (Å²) in [4.78, 5) is 19.6. The van der Waals surface area contributed by atoms with Crippen molar-refractivity contribution < 1.29 is 9.21 Å². The van der Waals surface area contributed by atoms with Gasteiger partial charge in [0.05, 0.1) is 5.92 Å². The Morgan fingerprint density at radius 3 is 2.88 bits per heavy atom. The van der Waals surface area contributed by atoms with Gasteiger partial charge in [0, 0.05) is 19.1 Å². The molecule has 5 nitrogen and oxygen atoms in total. The highest BCUT2D eigenvalue weighted by atomic mass is 16.4. The number of nitrogens with one attached hydrogen (secondary N) is 1. The standard InChI is InChI=1S/C21H29N3O2/c1-14-7-5-10-17(15(14)2)22-20(25)16-8-6-12-24(13-16)21-23-18-9-3-4-11-19(18)26-21/h3-4,9,11,14-17H,5-8,10,12-13H2,1-2H3,(H,22,25). The van der Waals surface area contributed by atoms with E-state index in [1.54, 1.807) is 0 Å². The van der Waals surface area contributed by atoms with Crippen LogP contribution < -0.4 is 10.2 Å². The first-order valence-electron chi connectivity index (χ1n) is 10.0. The number of fused-ring (bicyclic) bond motifs is 1. The number of anilines is 1. The second kappa shape index (κ2) is 7.29. The van der Waals surface area contributed by atoms with Gasteiger partial charge in [-0.25, -0.2) is 0 Å². The molecule has 1 amide bonds. The molecule has 2 fully saturated rings. The second-order valence-electron chi connectivity index (χ2n) is 8.13. The summed E-state index contributed by atoms with van der Waals surface area (Å²) in [6.07, 6.45) is 5.55. The lowest BCUT2D eigenvalue weighted by molar-refractivity contribution is -0.126. The van der Waals surface area contributed by atoms with Gasteiger partial charge in [0.1, 0.15) is 5.52 Å². The molecule has 26 heavy (non-hydrogen) atoms. The van der Waals surface area contributed by atoms with Gasteiger partial charge in [-0.15, -0.1) is 0 Å². The molecule has 4 atom stereocenters. The van der Waals surface area contributed by atoms with E-state index >= 15 is 0 Å². The minimum Gasteiger partial charge on any atom is -0.423 e. The van der Waals surface area contributed by atoms with Crippen LogP contribution >= 0.6 is 0 Å². The number of benzene rings is 1. The first-order valence-corrected chi connectivity index (χ1v) is 10.0. The fourth-order valence-electron chi connectivity index (χ4n) is 4.45. The third-order valence-corrected chi connectivity index (χ3v) is 6.38. The van der Waals surface area contributed by atoms with E-state index in [0.29, 0.717) is 30.4 Å². The van der Waals surface area contributed by atoms with Gasteiger partial charge in [0.25, 0.3) is 6.01 Å². The molecule has 1 saturated heterocycles. The number of rotatable bonds is 3. The average Bonchev–Trinajstić information content (AvgIpc) is 3.10. The zero-order chi connectivity index (χ0) is 18.1. The SMILES string of the molecule is CC1CCCC(NC(=O)C2CCCN(c3nc4ccccc4o3)C2)C1C. The molecule has 0 bridgehead atoms. The van der Waals surface area contributed by atoms with Gasteiger partial charge < -0.3 is 14.6 Å². The van der Waals surface area contributed by atoms with Crippen molar-refractivity contribution >= 4 is 23.0 Å². The van der Waals surface area contributed by atoms with Gasteiger partial charge in [0.2, 0.25) is 5.91 Å². The maximum Gasteiger partial charge on any atom is 0.298 e. The van der Waals surface area contributed by atoms with E-state index in [2.05, 4.69) is 29.0 Å². The molecule has 0 spiro atoms. The van der Waals surface area contributed by atoms with Crippen LogP contribution in [0.4, 0.5) is 6.01 Å². The highest BCUT2D eigenvalue weighted by Gasteiger charge is 2.32. The van der Waals surface area contributed by atoms with Crippen LogP contribution in [0.3, 0.4) is 0 Å². The van der Waals surface area contributed by atoms with Crippen molar-refractivity contribution in [3.63, 3.8) is 0 Å². The number of piperidine rings is 1. The van der Waals surface area contributed by atoms with Crippen LogP contribution in [0.5, 0.6) is 0 Å².